The summed E-state index contributed by atoms with van der Waals surface area (Å²) >= 11 is 1.48. The Bertz CT molecular complexity index is 1040. The van der Waals surface area contributed by atoms with Crippen LogP contribution in [0.3, 0.4) is 0 Å². The topological polar surface area (TPSA) is 59.3 Å². The third kappa shape index (κ3) is 4.80. The van der Waals surface area contributed by atoms with E-state index in [1.807, 2.05) is 50.2 Å². The summed E-state index contributed by atoms with van der Waals surface area (Å²) in [6.07, 6.45) is 0.932. The minimum absolute atomic E-state index is 0.0486. The zero-order valence-corrected chi connectivity index (χ0v) is 16.6. The maximum absolute atomic E-state index is 12.2. The highest BCUT2D eigenvalue weighted by Crippen LogP contribution is 2.24. The van der Waals surface area contributed by atoms with Gasteiger partial charge in [0.15, 0.2) is 0 Å². The molecule has 1 amide bonds. The number of fused-ring (bicyclic) bond motifs is 1. The van der Waals surface area contributed by atoms with Crippen LogP contribution in [0.1, 0.15) is 29.2 Å². The fraction of sp³-hybridized carbons (Fsp3) is 0.273. The molecule has 0 aliphatic rings. The largest absolute Gasteiger partial charge is 0.423 e. The number of nitrogens with one attached hydrogen (secondary N) is 1. The highest BCUT2D eigenvalue weighted by Gasteiger charge is 2.09. The van der Waals surface area contributed by atoms with Crippen LogP contribution in [-0.2, 0) is 17.0 Å². The van der Waals surface area contributed by atoms with Crippen LogP contribution >= 0.6 is 11.8 Å². The molecule has 27 heavy (non-hydrogen) atoms. The molecular formula is C22H23NO3S. The van der Waals surface area contributed by atoms with Gasteiger partial charge >= 0.3 is 5.63 Å². The zero-order valence-electron chi connectivity index (χ0n) is 15.8. The van der Waals surface area contributed by atoms with Gasteiger partial charge in [0.2, 0.25) is 5.91 Å². The average Bonchev–Trinajstić information content (AvgIpc) is 2.63. The van der Waals surface area contributed by atoms with Crippen LogP contribution in [0.15, 0.2) is 51.7 Å². The quantitative estimate of drug-likeness (QED) is 0.621. The Morgan fingerprint density at radius 1 is 1.11 bits per heavy atom. The molecule has 2 aromatic carbocycles. The number of thioether (sulfide) groups is 1. The molecular weight excluding hydrogens is 358 g/mol. The number of anilines is 1. The summed E-state index contributed by atoms with van der Waals surface area (Å²) in [5, 5.41) is 3.86. The first-order valence-electron chi connectivity index (χ1n) is 8.97. The van der Waals surface area contributed by atoms with Crippen LogP contribution < -0.4 is 10.9 Å². The summed E-state index contributed by atoms with van der Waals surface area (Å²) in [6.45, 7) is 6.11. The minimum Gasteiger partial charge on any atom is -0.423 e. The summed E-state index contributed by atoms with van der Waals surface area (Å²) in [5.74, 6) is 0.850. The Morgan fingerprint density at radius 2 is 1.89 bits per heavy atom. The average molecular weight is 381 g/mol. The lowest BCUT2D eigenvalue weighted by atomic mass is 10.0. The van der Waals surface area contributed by atoms with Crippen LogP contribution in [0.2, 0.25) is 0 Å². The van der Waals surface area contributed by atoms with E-state index in [-0.39, 0.29) is 11.5 Å². The predicted octanol–water partition coefficient (Wildman–Crippen LogP) is 4.84. The molecule has 0 saturated heterocycles. The fourth-order valence-corrected chi connectivity index (χ4v) is 3.74. The molecule has 3 aromatic rings. The van der Waals surface area contributed by atoms with E-state index in [0.717, 1.165) is 34.2 Å². The number of benzene rings is 2. The van der Waals surface area contributed by atoms with E-state index in [4.69, 9.17) is 4.42 Å². The van der Waals surface area contributed by atoms with E-state index in [1.165, 1.54) is 23.4 Å². The summed E-state index contributed by atoms with van der Waals surface area (Å²) < 4.78 is 5.32. The maximum Gasteiger partial charge on any atom is 0.336 e. The molecule has 1 heterocycles. The molecule has 0 atom stereocenters. The summed E-state index contributed by atoms with van der Waals surface area (Å²) in [4.78, 5) is 24.1. The Hall–Kier alpha value is -2.53. The Morgan fingerprint density at radius 3 is 2.67 bits per heavy atom. The van der Waals surface area contributed by atoms with Crippen LogP contribution in [0.5, 0.6) is 0 Å². The van der Waals surface area contributed by atoms with Crippen molar-refractivity contribution in [1.29, 1.82) is 0 Å². The number of aryl methyl sites for hydroxylation is 3. The van der Waals surface area contributed by atoms with Gasteiger partial charge in [-0.05, 0) is 66.8 Å². The molecule has 0 radical (unpaired) electrons. The number of hydrogen-bond donors (Lipinski definition) is 1. The molecule has 3 rings (SSSR count). The van der Waals surface area contributed by atoms with E-state index in [9.17, 15) is 9.59 Å². The van der Waals surface area contributed by atoms with Crippen molar-refractivity contribution in [3.05, 3.63) is 75.1 Å². The van der Waals surface area contributed by atoms with Crippen molar-refractivity contribution >= 4 is 34.3 Å². The van der Waals surface area contributed by atoms with Gasteiger partial charge in [-0.2, -0.15) is 0 Å². The maximum atomic E-state index is 12.2. The Balaban J connectivity index is 1.67. The molecule has 140 valence electrons. The van der Waals surface area contributed by atoms with Gasteiger partial charge in [0.05, 0.1) is 5.75 Å². The molecule has 0 spiro atoms. The van der Waals surface area contributed by atoms with Crippen molar-refractivity contribution in [3.63, 3.8) is 0 Å². The van der Waals surface area contributed by atoms with E-state index in [2.05, 4.69) is 12.2 Å². The highest BCUT2D eigenvalue weighted by molar-refractivity contribution is 7.99. The summed E-state index contributed by atoms with van der Waals surface area (Å²) in [6, 6.07) is 13.3. The number of hydrogen-bond acceptors (Lipinski definition) is 4. The molecule has 1 aromatic heterocycles. The lowest BCUT2D eigenvalue weighted by molar-refractivity contribution is -0.113. The van der Waals surface area contributed by atoms with Gasteiger partial charge in [0.25, 0.3) is 0 Å². The fourth-order valence-electron chi connectivity index (χ4n) is 2.92. The molecule has 0 fully saturated rings. The van der Waals surface area contributed by atoms with E-state index >= 15 is 0 Å². The van der Waals surface area contributed by atoms with Crippen molar-refractivity contribution in [1.82, 2.24) is 0 Å². The molecule has 0 unspecified atom stereocenters. The van der Waals surface area contributed by atoms with Crippen molar-refractivity contribution in [3.8, 4) is 0 Å². The summed E-state index contributed by atoms with van der Waals surface area (Å²) in [7, 11) is 0. The molecule has 0 saturated carbocycles. The van der Waals surface area contributed by atoms with Gasteiger partial charge in [-0.3, -0.25) is 4.79 Å². The molecule has 0 bridgehead atoms. The van der Waals surface area contributed by atoms with Gasteiger partial charge < -0.3 is 9.73 Å². The molecule has 0 aliphatic carbocycles. The monoisotopic (exact) mass is 381 g/mol. The number of rotatable bonds is 6. The Kier molecular flexibility index (Phi) is 6.01. The highest BCUT2D eigenvalue weighted by atomic mass is 32.2. The van der Waals surface area contributed by atoms with Crippen molar-refractivity contribution < 1.29 is 9.21 Å². The third-order valence-electron chi connectivity index (χ3n) is 4.55. The van der Waals surface area contributed by atoms with Gasteiger partial charge in [-0.15, -0.1) is 11.8 Å². The van der Waals surface area contributed by atoms with Crippen LogP contribution in [0, 0.1) is 13.8 Å². The normalized spacial score (nSPS) is 10.9. The van der Waals surface area contributed by atoms with Crippen molar-refractivity contribution in [2.75, 3.05) is 11.1 Å². The predicted molar refractivity (Wildman–Crippen MR) is 113 cm³/mol. The molecule has 4 nitrogen and oxygen atoms in total. The minimum atomic E-state index is -0.359. The second-order valence-electron chi connectivity index (χ2n) is 6.62. The zero-order chi connectivity index (χ0) is 19.4. The lowest BCUT2D eigenvalue weighted by Gasteiger charge is -2.09. The Labute approximate surface area is 163 Å². The van der Waals surface area contributed by atoms with Gasteiger partial charge in [0.1, 0.15) is 5.58 Å². The molecule has 1 N–H and O–H groups in total. The SMILES string of the molecule is CCc1cccc(NC(=O)CSCc2cc(=O)oc3cc(C)c(C)cc23)c1. The second-order valence-corrected chi connectivity index (χ2v) is 7.60. The number of amides is 1. The van der Waals surface area contributed by atoms with Crippen molar-refractivity contribution in [2.45, 2.75) is 32.9 Å². The first-order valence-corrected chi connectivity index (χ1v) is 10.1. The number of carbonyl (C=O) groups is 1. The standard InChI is InChI=1S/C22H23NO3S/c1-4-16-6-5-7-18(10-16)23-21(24)13-27-12-17-11-22(25)26-20-9-15(3)14(2)8-19(17)20/h5-11H,4,12-13H2,1-3H3,(H,23,24). The van der Waals surface area contributed by atoms with Crippen LogP contribution in [0.4, 0.5) is 5.69 Å². The van der Waals surface area contributed by atoms with E-state index in [1.54, 1.807) is 0 Å². The van der Waals surface area contributed by atoms with Crippen LogP contribution in [0.25, 0.3) is 11.0 Å². The smallest absolute Gasteiger partial charge is 0.336 e. The van der Waals surface area contributed by atoms with Gasteiger partial charge in [-0.25, -0.2) is 4.79 Å². The lowest BCUT2D eigenvalue weighted by Crippen LogP contribution is -2.14. The summed E-state index contributed by atoms with van der Waals surface area (Å²) in [5.41, 5.74) is 5.38. The second kappa shape index (κ2) is 8.44. The first kappa shape index (κ1) is 19.2. The molecule has 0 aliphatic heterocycles. The van der Waals surface area contributed by atoms with E-state index < -0.39 is 0 Å². The molecule has 5 heteroatoms. The van der Waals surface area contributed by atoms with Crippen molar-refractivity contribution in [2.24, 2.45) is 0 Å². The van der Waals surface area contributed by atoms with Gasteiger partial charge in [0, 0.05) is 22.9 Å². The van der Waals surface area contributed by atoms with Crippen LogP contribution in [-0.4, -0.2) is 11.7 Å². The van der Waals surface area contributed by atoms with Gasteiger partial charge in [-0.1, -0.05) is 19.1 Å². The first-order chi connectivity index (χ1) is 13.0. The number of carbonyl (C=O) groups excluding carboxylic acids is 1. The van der Waals surface area contributed by atoms with E-state index in [0.29, 0.717) is 17.1 Å². The third-order valence-corrected chi connectivity index (χ3v) is 5.54.